The van der Waals surface area contributed by atoms with Crippen LogP contribution >= 0.6 is 0 Å². The molecule has 0 spiro atoms. The van der Waals surface area contributed by atoms with Crippen molar-refractivity contribution in [3.63, 3.8) is 0 Å². The van der Waals surface area contributed by atoms with Gasteiger partial charge >= 0.3 is 0 Å². The molecule has 1 fully saturated rings. The summed E-state index contributed by atoms with van der Waals surface area (Å²) in [6.07, 6.45) is 1.69. The lowest BCUT2D eigenvalue weighted by molar-refractivity contribution is -0.128. The first kappa shape index (κ1) is 12.0. The number of likely N-dealkylation sites (tertiary alicyclic amines) is 1. The molecule has 0 atom stereocenters. The maximum atomic E-state index is 11.4. The van der Waals surface area contributed by atoms with Crippen LogP contribution in [0.5, 0.6) is 5.75 Å². The van der Waals surface area contributed by atoms with Gasteiger partial charge in [-0.05, 0) is 31.9 Å². The van der Waals surface area contributed by atoms with E-state index in [4.69, 9.17) is 4.74 Å². The van der Waals surface area contributed by atoms with E-state index in [1.165, 1.54) is 5.56 Å². The SMILES string of the molecule is Cc1ccc(OCCN2CCCC2=O)c(C)c1. The summed E-state index contributed by atoms with van der Waals surface area (Å²) < 4.78 is 5.71. The third-order valence-corrected chi connectivity index (χ3v) is 3.12. The van der Waals surface area contributed by atoms with Crippen molar-refractivity contribution in [2.45, 2.75) is 26.7 Å². The molecule has 1 aromatic rings. The van der Waals surface area contributed by atoms with Crippen LogP contribution in [0.3, 0.4) is 0 Å². The average molecular weight is 233 g/mol. The summed E-state index contributed by atoms with van der Waals surface area (Å²) in [6, 6.07) is 6.15. The second kappa shape index (κ2) is 5.21. The van der Waals surface area contributed by atoms with Gasteiger partial charge in [0.05, 0.1) is 6.54 Å². The molecule has 1 saturated heterocycles. The van der Waals surface area contributed by atoms with Gasteiger partial charge in [-0.15, -0.1) is 0 Å². The second-order valence-corrected chi connectivity index (χ2v) is 4.60. The maximum Gasteiger partial charge on any atom is 0.222 e. The summed E-state index contributed by atoms with van der Waals surface area (Å²) in [5.74, 6) is 1.18. The zero-order valence-electron chi connectivity index (χ0n) is 10.5. The second-order valence-electron chi connectivity index (χ2n) is 4.60. The molecule has 17 heavy (non-hydrogen) atoms. The van der Waals surface area contributed by atoms with Crippen LogP contribution in [0.2, 0.25) is 0 Å². The highest BCUT2D eigenvalue weighted by atomic mass is 16.5. The highest BCUT2D eigenvalue weighted by Gasteiger charge is 2.19. The third-order valence-electron chi connectivity index (χ3n) is 3.12. The third kappa shape index (κ3) is 2.99. The van der Waals surface area contributed by atoms with Crippen LogP contribution in [-0.4, -0.2) is 30.5 Å². The molecular formula is C14H19NO2. The molecule has 0 radical (unpaired) electrons. The summed E-state index contributed by atoms with van der Waals surface area (Å²) in [5, 5.41) is 0. The Labute approximate surface area is 102 Å². The molecule has 1 aliphatic rings. The molecule has 3 heteroatoms. The van der Waals surface area contributed by atoms with E-state index in [1.54, 1.807) is 0 Å². The number of carbonyl (C=O) groups is 1. The molecular weight excluding hydrogens is 214 g/mol. The Morgan fingerprint density at radius 1 is 1.35 bits per heavy atom. The number of benzene rings is 1. The summed E-state index contributed by atoms with van der Waals surface area (Å²) in [4.78, 5) is 13.3. The molecule has 1 aliphatic heterocycles. The Morgan fingerprint density at radius 3 is 2.82 bits per heavy atom. The minimum absolute atomic E-state index is 0.259. The fourth-order valence-electron chi connectivity index (χ4n) is 2.17. The lowest BCUT2D eigenvalue weighted by Gasteiger charge is -2.16. The van der Waals surface area contributed by atoms with Crippen molar-refractivity contribution in [1.29, 1.82) is 0 Å². The van der Waals surface area contributed by atoms with E-state index in [0.717, 1.165) is 24.3 Å². The smallest absolute Gasteiger partial charge is 0.222 e. The number of rotatable bonds is 4. The standard InChI is InChI=1S/C14H19NO2/c1-11-5-6-13(12(2)10-11)17-9-8-15-7-3-4-14(15)16/h5-6,10H,3-4,7-9H2,1-2H3. The van der Waals surface area contributed by atoms with Gasteiger partial charge < -0.3 is 9.64 Å². The molecule has 3 nitrogen and oxygen atoms in total. The van der Waals surface area contributed by atoms with Crippen LogP contribution in [0, 0.1) is 13.8 Å². The quantitative estimate of drug-likeness (QED) is 0.798. The molecule has 0 saturated carbocycles. The van der Waals surface area contributed by atoms with E-state index in [9.17, 15) is 4.79 Å². The molecule has 1 aromatic carbocycles. The van der Waals surface area contributed by atoms with E-state index < -0.39 is 0 Å². The number of aryl methyl sites for hydroxylation is 2. The summed E-state index contributed by atoms with van der Waals surface area (Å²) >= 11 is 0. The predicted molar refractivity (Wildman–Crippen MR) is 67.2 cm³/mol. The van der Waals surface area contributed by atoms with Crippen LogP contribution in [-0.2, 0) is 4.79 Å². The first-order chi connectivity index (χ1) is 8.16. The van der Waals surface area contributed by atoms with Crippen molar-refractivity contribution in [2.24, 2.45) is 0 Å². The molecule has 0 bridgehead atoms. The van der Waals surface area contributed by atoms with Crippen molar-refractivity contribution >= 4 is 5.91 Å². The van der Waals surface area contributed by atoms with Crippen molar-refractivity contribution in [3.8, 4) is 5.75 Å². The zero-order valence-corrected chi connectivity index (χ0v) is 10.5. The number of amides is 1. The highest BCUT2D eigenvalue weighted by Crippen LogP contribution is 2.18. The Kier molecular flexibility index (Phi) is 3.67. The van der Waals surface area contributed by atoms with Crippen LogP contribution in [0.1, 0.15) is 24.0 Å². The number of ether oxygens (including phenoxy) is 1. The van der Waals surface area contributed by atoms with E-state index in [0.29, 0.717) is 19.6 Å². The summed E-state index contributed by atoms with van der Waals surface area (Å²) in [6.45, 7) is 6.28. The Hall–Kier alpha value is -1.51. The largest absolute Gasteiger partial charge is 0.491 e. The maximum absolute atomic E-state index is 11.4. The molecule has 2 rings (SSSR count). The van der Waals surface area contributed by atoms with Gasteiger partial charge in [0.2, 0.25) is 5.91 Å². The van der Waals surface area contributed by atoms with E-state index in [2.05, 4.69) is 13.0 Å². The fraction of sp³-hybridized carbons (Fsp3) is 0.500. The Balaban J connectivity index is 1.83. The van der Waals surface area contributed by atoms with Gasteiger partial charge in [-0.2, -0.15) is 0 Å². The topological polar surface area (TPSA) is 29.5 Å². The van der Waals surface area contributed by atoms with Gasteiger partial charge in [-0.3, -0.25) is 4.79 Å². The van der Waals surface area contributed by atoms with Crippen LogP contribution in [0.4, 0.5) is 0 Å². The minimum atomic E-state index is 0.259. The number of carbonyl (C=O) groups excluding carboxylic acids is 1. The van der Waals surface area contributed by atoms with Crippen molar-refractivity contribution < 1.29 is 9.53 Å². The van der Waals surface area contributed by atoms with E-state index in [1.807, 2.05) is 24.0 Å². The van der Waals surface area contributed by atoms with Crippen LogP contribution in [0.25, 0.3) is 0 Å². The first-order valence-corrected chi connectivity index (χ1v) is 6.14. The molecule has 0 aliphatic carbocycles. The number of hydrogen-bond acceptors (Lipinski definition) is 2. The van der Waals surface area contributed by atoms with Gasteiger partial charge in [-0.1, -0.05) is 17.7 Å². The summed E-state index contributed by atoms with van der Waals surface area (Å²) in [5.41, 5.74) is 2.39. The Bertz CT molecular complexity index is 415. The lowest BCUT2D eigenvalue weighted by atomic mass is 10.1. The molecule has 92 valence electrons. The zero-order chi connectivity index (χ0) is 12.3. The van der Waals surface area contributed by atoms with Gasteiger partial charge in [0, 0.05) is 13.0 Å². The number of nitrogens with zero attached hydrogens (tertiary/aromatic N) is 1. The minimum Gasteiger partial charge on any atom is -0.491 e. The first-order valence-electron chi connectivity index (χ1n) is 6.14. The van der Waals surface area contributed by atoms with E-state index >= 15 is 0 Å². The van der Waals surface area contributed by atoms with Gasteiger partial charge in [0.1, 0.15) is 12.4 Å². The normalized spacial score (nSPS) is 15.4. The van der Waals surface area contributed by atoms with Crippen LogP contribution < -0.4 is 4.74 Å². The highest BCUT2D eigenvalue weighted by molar-refractivity contribution is 5.78. The van der Waals surface area contributed by atoms with Gasteiger partial charge in [-0.25, -0.2) is 0 Å². The fourth-order valence-corrected chi connectivity index (χ4v) is 2.17. The monoisotopic (exact) mass is 233 g/mol. The average Bonchev–Trinajstić information content (AvgIpc) is 2.68. The van der Waals surface area contributed by atoms with E-state index in [-0.39, 0.29) is 5.91 Å². The Morgan fingerprint density at radius 2 is 2.18 bits per heavy atom. The van der Waals surface area contributed by atoms with Crippen LogP contribution in [0.15, 0.2) is 18.2 Å². The molecule has 0 N–H and O–H groups in total. The van der Waals surface area contributed by atoms with Crippen molar-refractivity contribution in [3.05, 3.63) is 29.3 Å². The predicted octanol–water partition coefficient (Wildman–Crippen LogP) is 2.30. The molecule has 0 aromatic heterocycles. The molecule has 1 amide bonds. The summed E-state index contributed by atoms with van der Waals surface area (Å²) in [7, 11) is 0. The molecule has 0 unspecified atom stereocenters. The molecule has 1 heterocycles. The van der Waals surface area contributed by atoms with Gasteiger partial charge in [0.25, 0.3) is 0 Å². The van der Waals surface area contributed by atoms with Crippen molar-refractivity contribution in [2.75, 3.05) is 19.7 Å². The lowest BCUT2D eigenvalue weighted by Crippen LogP contribution is -2.29. The van der Waals surface area contributed by atoms with Gasteiger partial charge in [0.15, 0.2) is 0 Å². The number of hydrogen-bond donors (Lipinski definition) is 0. The van der Waals surface area contributed by atoms with Crippen molar-refractivity contribution in [1.82, 2.24) is 4.90 Å².